The molecule has 2 heterocycles. The van der Waals surface area contributed by atoms with Crippen molar-refractivity contribution in [3.8, 4) is 5.88 Å². The third-order valence-electron chi connectivity index (χ3n) is 3.00. The van der Waals surface area contributed by atoms with Gasteiger partial charge in [0.05, 0.1) is 6.10 Å². The van der Waals surface area contributed by atoms with Crippen molar-refractivity contribution in [3.05, 3.63) is 22.8 Å². The van der Waals surface area contributed by atoms with Gasteiger partial charge in [-0.1, -0.05) is 6.92 Å². The molecule has 4 heteroatoms. The van der Waals surface area contributed by atoms with Crippen molar-refractivity contribution in [2.24, 2.45) is 0 Å². The standard InChI is InChI=1S/C13H18BrNO2/c1-2-11(12-5-3-4-8-16-12)17-13-7-6-10(14)9-15-13/h6-7,9,11-12H,2-5,8H2,1H3. The van der Waals surface area contributed by atoms with Crippen LogP contribution in [0.5, 0.6) is 5.88 Å². The second-order valence-electron chi connectivity index (χ2n) is 4.28. The minimum Gasteiger partial charge on any atom is -0.472 e. The fraction of sp³-hybridized carbons (Fsp3) is 0.615. The lowest BCUT2D eigenvalue weighted by atomic mass is 10.0. The molecule has 1 saturated heterocycles. The molecule has 0 N–H and O–H groups in total. The van der Waals surface area contributed by atoms with E-state index in [1.54, 1.807) is 6.20 Å². The molecule has 0 amide bonds. The van der Waals surface area contributed by atoms with E-state index in [2.05, 4.69) is 27.8 Å². The van der Waals surface area contributed by atoms with Gasteiger partial charge in [-0.2, -0.15) is 0 Å². The van der Waals surface area contributed by atoms with Gasteiger partial charge in [0.2, 0.25) is 5.88 Å². The van der Waals surface area contributed by atoms with Crippen LogP contribution in [0.3, 0.4) is 0 Å². The summed E-state index contributed by atoms with van der Waals surface area (Å²) in [5.74, 6) is 0.675. The first-order valence-corrected chi connectivity index (χ1v) is 6.98. The molecule has 2 atom stereocenters. The Kier molecular flexibility index (Phi) is 4.80. The van der Waals surface area contributed by atoms with E-state index in [4.69, 9.17) is 9.47 Å². The highest BCUT2D eigenvalue weighted by Crippen LogP contribution is 2.22. The van der Waals surface area contributed by atoms with Gasteiger partial charge in [0.25, 0.3) is 0 Å². The second kappa shape index (κ2) is 6.36. The van der Waals surface area contributed by atoms with E-state index in [0.717, 1.165) is 23.9 Å². The molecule has 94 valence electrons. The Morgan fingerprint density at radius 2 is 2.41 bits per heavy atom. The summed E-state index contributed by atoms with van der Waals surface area (Å²) in [6, 6.07) is 3.83. The van der Waals surface area contributed by atoms with Crippen LogP contribution in [0.2, 0.25) is 0 Å². The lowest BCUT2D eigenvalue weighted by Gasteiger charge is -2.29. The van der Waals surface area contributed by atoms with Gasteiger partial charge >= 0.3 is 0 Å². The minimum absolute atomic E-state index is 0.115. The highest BCUT2D eigenvalue weighted by atomic mass is 79.9. The van der Waals surface area contributed by atoms with Crippen molar-refractivity contribution in [1.82, 2.24) is 4.98 Å². The molecule has 0 aromatic carbocycles. The number of halogens is 1. The van der Waals surface area contributed by atoms with Crippen molar-refractivity contribution in [3.63, 3.8) is 0 Å². The maximum atomic E-state index is 5.90. The van der Waals surface area contributed by atoms with Crippen molar-refractivity contribution >= 4 is 15.9 Å². The summed E-state index contributed by atoms with van der Waals surface area (Å²) < 4.78 is 12.6. The van der Waals surface area contributed by atoms with E-state index < -0.39 is 0 Å². The van der Waals surface area contributed by atoms with Crippen LogP contribution >= 0.6 is 15.9 Å². The van der Waals surface area contributed by atoms with E-state index >= 15 is 0 Å². The normalized spacial score (nSPS) is 22.1. The fourth-order valence-corrected chi connectivity index (χ4v) is 2.30. The highest BCUT2D eigenvalue weighted by Gasteiger charge is 2.24. The maximum absolute atomic E-state index is 5.90. The topological polar surface area (TPSA) is 31.4 Å². The van der Waals surface area contributed by atoms with Crippen LogP contribution in [-0.2, 0) is 4.74 Å². The molecule has 1 aromatic heterocycles. The monoisotopic (exact) mass is 299 g/mol. The van der Waals surface area contributed by atoms with Gasteiger partial charge in [0, 0.05) is 23.3 Å². The number of nitrogens with zero attached hydrogens (tertiary/aromatic N) is 1. The van der Waals surface area contributed by atoms with Crippen LogP contribution in [-0.4, -0.2) is 23.8 Å². The first-order valence-electron chi connectivity index (χ1n) is 6.19. The van der Waals surface area contributed by atoms with Gasteiger partial charge in [0.15, 0.2) is 0 Å². The van der Waals surface area contributed by atoms with Crippen LogP contribution in [0, 0.1) is 0 Å². The van der Waals surface area contributed by atoms with Crippen LogP contribution in [0.25, 0.3) is 0 Å². The zero-order valence-electron chi connectivity index (χ0n) is 10.1. The van der Waals surface area contributed by atoms with Gasteiger partial charge in [-0.05, 0) is 47.7 Å². The van der Waals surface area contributed by atoms with Crippen LogP contribution in [0.4, 0.5) is 0 Å². The summed E-state index contributed by atoms with van der Waals surface area (Å²) in [7, 11) is 0. The van der Waals surface area contributed by atoms with Gasteiger partial charge in [-0.25, -0.2) is 4.98 Å². The lowest BCUT2D eigenvalue weighted by Crippen LogP contribution is -2.36. The molecule has 2 unspecified atom stereocenters. The summed E-state index contributed by atoms with van der Waals surface area (Å²) in [6.45, 7) is 2.99. The van der Waals surface area contributed by atoms with Gasteiger partial charge in [-0.15, -0.1) is 0 Å². The number of rotatable bonds is 4. The number of pyridine rings is 1. The Bertz CT molecular complexity index is 336. The Labute approximate surface area is 111 Å². The van der Waals surface area contributed by atoms with Crippen molar-refractivity contribution in [2.75, 3.05) is 6.61 Å². The third kappa shape index (κ3) is 3.68. The predicted molar refractivity (Wildman–Crippen MR) is 70.2 cm³/mol. The van der Waals surface area contributed by atoms with Crippen molar-refractivity contribution in [1.29, 1.82) is 0 Å². The lowest BCUT2D eigenvalue weighted by molar-refractivity contribution is -0.0539. The van der Waals surface area contributed by atoms with Gasteiger partial charge in [-0.3, -0.25) is 0 Å². The first kappa shape index (κ1) is 12.8. The Balaban J connectivity index is 1.96. The zero-order chi connectivity index (χ0) is 12.1. The van der Waals surface area contributed by atoms with E-state index in [1.807, 2.05) is 12.1 Å². The van der Waals surface area contributed by atoms with E-state index in [0.29, 0.717) is 5.88 Å². The Morgan fingerprint density at radius 3 is 3.00 bits per heavy atom. The van der Waals surface area contributed by atoms with Crippen LogP contribution in [0.1, 0.15) is 32.6 Å². The summed E-state index contributed by atoms with van der Waals surface area (Å²) in [5.41, 5.74) is 0. The average molecular weight is 300 g/mol. The van der Waals surface area contributed by atoms with E-state index in [9.17, 15) is 0 Å². The molecule has 3 nitrogen and oxygen atoms in total. The molecule has 0 saturated carbocycles. The summed E-state index contributed by atoms with van der Waals surface area (Å²) in [4.78, 5) is 4.24. The SMILES string of the molecule is CCC(Oc1ccc(Br)cn1)C1CCCCO1. The molecule has 2 rings (SSSR count). The smallest absolute Gasteiger partial charge is 0.213 e. The molecule has 0 aliphatic carbocycles. The number of ether oxygens (including phenoxy) is 2. The highest BCUT2D eigenvalue weighted by molar-refractivity contribution is 9.10. The molecule has 0 radical (unpaired) electrons. The van der Waals surface area contributed by atoms with Gasteiger partial charge in [0.1, 0.15) is 6.10 Å². The second-order valence-corrected chi connectivity index (χ2v) is 5.20. The predicted octanol–water partition coefficient (Wildman–Crippen LogP) is 3.57. The zero-order valence-corrected chi connectivity index (χ0v) is 11.6. The molecule has 0 bridgehead atoms. The fourth-order valence-electron chi connectivity index (χ4n) is 2.07. The van der Waals surface area contributed by atoms with Crippen molar-refractivity contribution in [2.45, 2.75) is 44.8 Å². The summed E-state index contributed by atoms with van der Waals surface area (Å²) in [5, 5.41) is 0. The Hall–Kier alpha value is -0.610. The largest absolute Gasteiger partial charge is 0.472 e. The van der Waals surface area contributed by atoms with Crippen molar-refractivity contribution < 1.29 is 9.47 Å². The number of hydrogen-bond donors (Lipinski definition) is 0. The summed E-state index contributed by atoms with van der Waals surface area (Å²) >= 11 is 3.36. The van der Waals surface area contributed by atoms with Crippen LogP contribution in [0.15, 0.2) is 22.8 Å². The molecular weight excluding hydrogens is 282 g/mol. The molecule has 1 aromatic rings. The quantitative estimate of drug-likeness (QED) is 0.852. The average Bonchev–Trinajstić information content (AvgIpc) is 2.39. The molecule has 17 heavy (non-hydrogen) atoms. The van der Waals surface area contributed by atoms with E-state index in [-0.39, 0.29) is 12.2 Å². The first-order chi connectivity index (χ1) is 8.29. The third-order valence-corrected chi connectivity index (χ3v) is 3.47. The number of aromatic nitrogens is 1. The molecule has 1 fully saturated rings. The van der Waals surface area contributed by atoms with Gasteiger partial charge < -0.3 is 9.47 Å². The molecule has 1 aliphatic heterocycles. The maximum Gasteiger partial charge on any atom is 0.213 e. The molecular formula is C13H18BrNO2. The minimum atomic E-state index is 0.115. The van der Waals surface area contributed by atoms with E-state index in [1.165, 1.54) is 12.8 Å². The molecule has 1 aliphatic rings. The summed E-state index contributed by atoms with van der Waals surface area (Å²) in [6.07, 6.45) is 6.53. The Morgan fingerprint density at radius 1 is 1.53 bits per heavy atom. The molecule has 0 spiro atoms. The number of hydrogen-bond acceptors (Lipinski definition) is 3. The van der Waals surface area contributed by atoms with Crippen LogP contribution < -0.4 is 4.74 Å².